The number of ether oxygens (including phenoxy) is 1. The molecule has 87 heavy (non-hydrogen) atoms. The molecule has 3 N–H and O–H groups in total. The van der Waals surface area contributed by atoms with E-state index in [1.807, 2.05) is 0 Å². The lowest BCUT2D eigenvalue weighted by atomic mass is 10.0. The number of allylic oxidation sites excluding steroid dienone is 2. The molecule has 0 heterocycles. The van der Waals surface area contributed by atoms with Crippen LogP contribution in [0.3, 0.4) is 0 Å². The minimum Gasteiger partial charge on any atom is -0.466 e. The molecule has 6 heteroatoms. The van der Waals surface area contributed by atoms with Gasteiger partial charge in [0.25, 0.3) is 0 Å². The van der Waals surface area contributed by atoms with Crippen molar-refractivity contribution in [3.8, 4) is 0 Å². The van der Waals surface area contributed by atoms with E-state index in [-0.39, 0.29) is 18.5 Å². The Morgan fingerprint density at radius 2 is 0.540 bits per heavy atom. The maximum Gasteiger partial charge on any atom is 0.305 e. The molecule has 0 bridgehead atoms. The molecule has 0 radical (unpaired) electrons. The Balaban J connectivity index is 3.30. The van der Waals surface area contributed by atoms with E-state index in [2.05, 4.69) is 31.3 Å². The predicted molar refractivity (Wildman–Crippen MR) is 384 cm³/mol. The van der Waals surface area contributed by atoms with E-state index in [1.54, 1.807) is 0 Å². The third-order valence-corrected chi connectivity index (χ3v) is 19.3. The second kappa shape index (κ2) is 77.1. The summed E-state index contributed by atoms with van der Waals surface area (Å²) < 4.78 is 5.51. The Bertz CT molecular complexity index is 1320. The molecule has 2 atom stereocenters. The topological polar surface area (TPSA) is 95.9 Å². The van der Waals surface area contributed by atoms with Crippen LogP contribution in [0.1, 0.15) is 470 Å². The fourth-order valence-electron chi connectivity index (χ4n) is 13.2. The molecule has 0 aliphatic heterocycles. The van der Waals surface area contributed by atoms with Gasteiger partial charge in [-0.15, -0.1) is 0 Å². The fourth-order valence-corrected chi connectivity index (χ4v) is 13.2. The quantitative estimate of drug-likeness (QED) is 0.0320. The van der Waals surface area contributed by atoms with Gasteiger partial charge in [0.05, 0.1) is 25.4 Å². The smallest absolute Gasteiger partial charge is 0.305 e. The normalized spacial score (nSPS) is 12.5. The third kappa shape index (κ3) is 73.5. The van der Waals surface area contributed by atoms with E-state index in [9.17, 15) is 19.8 Å². The van der Waals surface area contributed by atoms with Gasteiger partial charge in [-0.05, 0) is 51.4 Å². The lowest BCUT2D eigenvalue weighted by Crippen LogP contribution is -2.45. The maximum atomic E-state index is 12.6. The Morgan fingerprint density at radius 3 is 0.816 bits per heavy atom. The van der Waals surface area contributed by atoms with Crippen LogP contribution in [-0.2, 0) is 14.3 Å². The van der Waals surface area contributed by atoms with Crippen molar-refractivity contribution in [2.75, 3.05) is 13.2 Å². The first kappa shape index (κ1) is 85.6. The summed E-state index contributed by atoms with van der Waals surface area (Å²) in [4.78, 5) is 24.7. The zero-order valence-corrected chi connectivity index (χ0v) is 59.5. The molecule has 0 fully saturated rings. The fraction of sp³-hybridized carbons (Fsp3) is 0.951. The first-order valence-corrected chi connectivity index (χ1v) is 40.4. The van der Waals surface area contributed by atoms with Crippen molar-refractivity contribution in [1.29, 1.82) is 0 Å². The van der Waals surface area contributed by atoms with Crippen LogP contribution in [0.5, 0.6) is 0 Å². The molecule has 0 saturated carbocycles. The molecular formula is C81H159NO5. The van der Waals surface area contributed by atoms with Crippen molar-refractivity contribution in [2.24, 2.45) is 0 Å². The van der Waals surface area contributed by atoms with Crippen LogP contribution < -0.4 is 5.32 Å². The van der Waals surface area contributed by atoms with Crippen LogP contribution in [0, 0.1) is 0 Å². The summed E-state index contributed by atoms with van der Waals surface area (Å²) in [7, 11) is 0. The van der Waals surface area contributed by atoms with Gasteiger partial charge in [0.2, 0.25) is 5.91 Å². The minimum absolute atomic E-state index is 0.0164. The van der Waals surface area contributed by atoms with Crippen molar-refractivity contribution in [1.82, 2.24) is 5.32 Å². The average molecular weight is 1230 g/mol. The summed E-state index contributed by atoms with van der Waals surface area (Å²) >= 11 is 0. The van der Waals surface area contributed by atoms with E-state index in [1.165, 1.54) is 392 Å². The van der Waals surface area contributed by atoms with Crippen LogP contribution in [0.4, 0.5) is 0 Å². The van der Waals surface area contributed by atoms with Crippen molar-refractivity contribution < 1.29 is 24.5 Å². The minimum atomic E-state index is -0.661. The molecule has 0 aliphatic carbocycles. The summed E-state index contributed by atoms with van der Waals surface area (Å²) in [6.07, 6.45) is 97.4. The molecule has 2 unspecified atom stereocenters. The van der Waals surface area contributed by atoms with E-state index < -0.39 is 12.1 Å². The van der Waals surface area contributed by atoms with Gasteiger partial charge in [-0.1, -0.05) is 418 Å². The number of rotatable bonds is 77. The van der Waals surface area contributed by atoms with Crippen molar-refractivity contribution in [2.45, 2.75) is 482 Å². The number of unbranched alkanes of at least 4 members (excludes halogenated alkanes) is 64. The molecule has 6 nitrogen and oxygen atoms in total. The highest BCUT2D eigenvalue weighted by molar-refractivity contribution is 5.76. The maximum absolute atomic E-state index is 12.6. The number of nitrogens with one attached hydrogen (secondary N) is 1. The molecule has 0 saturated heterocycles. The number of hydrogen-bond donors (Lipinski definition) is 3. The standard InChI is InChI=1S/C81H159NO5/c1-3-5-7-9-11-13-15-17-19-21-39-42-45-49-53-57-61-65-69-73-79(84)78(77-83)82-80(85)74-70-66-62-58-54-50-46-43-40-37-35-33-31-29-27-25-23-22-24-26-28-30-32-34-36-38-41-44-48-52-56-60-64-68-72-76-87-81(86)75-71-67-63-59-55-51-47-20-18-16-14-12-10-8-6-4-2/h20,47,78-79,83-84H,3-19,21-46,48-77H2,1-2H3,(H,82,85)/b47-20-. The summed E-state index contributed by atoms with van der Waals surface area (Å²) in [5.74, 6) is -0.00792. The largest absolute Gasteiger partial charge is 0.466 e. The zero-order chi connectivity index (χ0) is 62.8. The summed E-state index contributed by atoms with van der Waals surface area (Å²) in [6.45, 7) is 5.00. The Morgan fingerprint density at radius 1 is 0.310 bits per heavy atom. The van der Waals surface area contributed by atoms with Crippen molar-refractivity contribution >= 4 is 11.9 Å². The molecule has 0 spiro atoms. The summed E-state index contributed by atoms with van der Waals surface area (Å²) in [6, 6.07) is -0.537. The first-order valence-electron chi connectivity index (χ1n) is 40.4. The number of aliphatic hydroxyl groups is 2. The van der Waals surface area contributed by atoms with Gasteiger partial charge >= 0.3 is 5.97 Å². The Kier molecular flexibility index (Phi) is 75.8. The average Bonchev–Trinajstić information content (AvgIpc) is 3.53. The predicted octanol–water partition coefficient (Wildman–Crippen LogP) is 26.7. The van der Waals surface area contributed by atoms with Gasteiger partial charge in [0, 0.05) is 12.8 Å². The lowest BCUT2D eigenvalue weighted by molar-refractivity contribution is -0.143. The van der Waals surface area contributed by atoms with Gasteiger partial charge in [-0.3, -0.25) is 9.59 Å². The lowest BCUT2D eigenvalue weighted by Gasteiger charge is -2.22. The molecule has 0 rings (SSSR count). The van der Waals surface area contributed by atoms with Gasteiger partial charge in [0.1, 0.15) is 0 Å². The second-order valence-electron chi connectivity index (χ2n) is 28.1. The van der Waals surface area contributed by atoms with Crippen molar-refractivity contribution in [3.05, 3.63) is 12.2 Å². The number of hydrogen-bond acceptors (Lipinski definition) is 5. The number of carbonyl (C=O) groups excluding carboxylic acids is 2. The van der Waals surface area contributed by atoms with Gasteiger partial charge < -0.3 is 20.3 Å². The highest BCUT2D eigenvalue weighted by Gasteiger charge is 2.20. The van der Waals surface area contributed by atoms with Crippen LogP contribution in [0.15, 0.2) is 12.2 Å². The number of aliphatic hydroxyl groups excluding tert-OH is 2. The zero-order valence-electron chi connectivity index (χ0n) is 59.5. The van der Waals surface area contributed by atoms with Crippen molar-refractivity contribution in [3.63, 3.8) is 0 Å². The molecule has 0 aromatic rings. The highest BCUT2D eigenvalue weighted by Crippen LogP contribution is 2.21. The van der Waals surface area contributed by atoms with E-state index in [4.69, 9.17) is 4.74 Å². The Hall–Kier alpha value is -1.40. The van der Waals surface area contributed by atoms with Crippen LogP contribution >= 0.6 is 0 Å². The number of esters is 1. The molecule has 1 amide bonds. The number of carbonyl (C=O) groups is 2. The van der Waals surface area contributed by atoms with E-state index in [0.29, 0.717) is 25.9 Å². The second-order valence-corrected chi connectivity index (χ2v) is 28.1. The van der Waals surface area contributed by atoms with Crippen LogP contribution in [-0.4, -0.2) is 47.4 Å². The van der Waals surface area contributed by atoms with Gasteiger partial charge in [-0.25, -0.2) is 0 Å². The molecule has 518 valence electrons. The van der Waals surface area contributed by atoms with Gasteiger partial charge in [0.15, 0.2) is 0 Å². The molecular weight excluding hydrogens is 1070 g/mol. The van der Waals surface area contributed by atoms with E-state index in [0.717, 1.165) is 44.9 Å². The van der Waals surface area contributed by atoms with Crippen LogP contribution in [0.2, 0.25) is 0 Å². The van der Waals surface area contributed by atoms with Crippen LogP contribution in [0.25, 0.3) is 0 Å². The highest BCUT2D eigenvalue weighted by atomic mass is 16.5. The monoisotopic (exact) mass is 1230 g/mol. The first-order chi connectivity index (χ1) is 43.0. The summed E-state index contributed by atoms with van der Waals surface area (Å²) in [5.41, 5.74) is 0. The van der Waals surface area contributed by atoms with Gasteiger partial charge in [-0.2, -0.15) is 0 Å². The number of amides is 1. The van der Waals surface area contributed by atoms with E-state index >= 15 is 0 Å². The molecule has 0 aromatic heterocycles. The summed E-state index contributed by atoms with van der Waals surface area (Å²) in [5, 5.41) is 23.4. The third-order valence-electron chi connectivity index (χ3n) is 19.3. The SMILES string of the molecule is CCCCCCCCC/C=C\CCCCCCCC(=O)OCCCCCCCCCCCCCCCCCCCCCCCCCCCCCCCCCCCCCC(=O)NC(CO)C(O)CCCCCCCCCCCCCCCCCCCCC. The Labute approximate surface area is 546 Å². The molecule has 0 aromatic carbocycles. The molecule has 0 aliphatic rings.